The standard InChI is InChI=1S/C15H29N3O3S/c1-5-18(10-14(19)20)13-8-12(9-13)16-15(21)17(3)11(2)6-7-22-4/h11-13H,5-10H2,1-4H3,(H,16,21)(H,19,20). The van der Waals surface area contributed by atoms with Gasteiger partial charge in [-0.05, 0) is 44.7 Å². The zero-order chi connectivity index (χ0) is 16.7. The largest absolute Gasteiger partial charge is 0.480 e. The number of urea groups is 1. The van der Waals surface area contributed by atoms with Gasteiger partial charge >= 0.3 is 12.0 Å². The van der Waals surface area contributed by atoms with Gasteiger partial charge in [0, 0.05) is 25.2 Å². The van der Waals surface area contributed by atoms with E-state index in [1.54, 1.807) is 16.7 Å². The fourth-order valence-corrected chi connectivity index (χ4v) is 3.21. The Kier molecular flexibility index (Phi) is 8.03. The number of rotatable bonds is 9. The molecule has 7 heteroatoms. The van der Waals surface area contributed by atoms with Gasteiger partial charge in [0.2, 0.25) is 0 Å². The first kappa shape index (κ1) is 19.1. The Balaban J connectivity index is 2.32. The molecule has 22 heavy (non-hydrogen) atoms. The Morgan fingerprint density at radius 3 is 2.55 bits per heavy atom. The molecule has 0 radical (unpaired) electrons. The van der Waals surface area contributed by atoms with Gasteiger partial charge in [0.25, 0.3) is 0 Å². The maximum atomic E-state index is 12.2. The zero-order valence-electron chi connectivity index (χ0n) is 14.0. The van der Waals surface area contributed by atoms with E-state index in [2.05, 4.69) is 18.5 Å². The van der Waals surface area contributed by atoms with Gasteiger partial charge in [-0.2, -0.15) is 11.8 Å². The zero-order valence-corrected chi connectivity index (χ0v) is 14.9. The van der Waals surface area contributed by atoms with E-state index in [1.807, 2.05) is 18.9 Å². The van der Waals surface area contributed by atoms with Crippen LogP contribution >= 0.6 is 11.8 Å². The van der Waals surface area contributed by atoms with E-state index in [0.717, 1.165) is 31.6 Å². The van der Waals surface area contributed by atoms with Crippen molar-refractivity contribution in [3.8, 4) is 0 Å². The van der Waals surface area contributed by atoms with Crippen LogP contribution in [0, 0.1) is 0 Å². The number of carboxylic acids is 1. The van der Waals surface area contributed by atoms with E-state index in [-0.39, 0.29) is 30.7 Å². The molecule has 6 nitrogen and oxygen atoms in total. The molecule has 0 bridgehead atoms. The molecule has 0 aliphatic heterocycles. The highest BCUT2D eigenvalue weighted by Crippen LogP contribution is 2.25. The van der Waals surface area contributed by atoms with Crippen LogP contribution in [0.2, 0.25) is 0 Å². The van der Waals surface area contributed by atoms with E-state index in [9.17, 15) is 9.59 Å². The average Bonchev–Trinajstić information content (AvgIpc) is 2.44. The lowest BCUT2D eigenvalue weighted by molar-refractivity contribution is -0.139. The van der Waals surface area contributed by atoms with Crippen molar-refractivity contribution in [1.29, 1.82) is 0 Å². The number of hydrogen-bond donors (Lipinski definition) is 2. The molecule has 0 aromatic rings. The van der Waals surface area contributed by atoms with Crippen molar-refractivity contribution >= 4 is 23.8 Å². The molecule has 1 aliphatic rings. The molecular formula is C15H29N3O3S. The molecule has 1 unspecified atom stereocenters. The number of amides is 2. The fraction of sp³-hybridized carbons (Fsp3) is 0.867. The first-order valence-electron chi connectivity index (χ1n) is 7.87. The SMILES string of the molecule is CCN(CC(=O)O)C1CC(NC(=O)N(C)C(C)CCSC)C1. The van der Waals surface area contributed by atoms with Crippen LogP contribution in [0.3, 0.4) is 0 Å². The van der Waals surface area contributed by atoms with Gasteiger partial charge < -0.3 is 15.3 Å². The minimum absolute atomic E-state index is 0.0293. The summed E-state index contributed by atoms with van der Waals surface area (Å²) in [5.74, 6) is 0.252. The molecule has 1 saturated carbocycles. The van der Waals surface area contributed by atoms with Gasteiger partial charge in [0.15, 0.2) is 0 Å². The van der Waals surface area contributed by atoms with Crippen LogP contribution in [0.4, 0.5) is 4.79 Å². The number of carbonyl (C=O) groups is 2. The van der Waals surface area contributed by atoms with Crippen molar-refractivity contribution in [2.45, 2.75) is 51.2 Å². The maximum Gasteiger partial charge on any atom is 0.317 e. The summed E-state index contributed by atoms with van der Waals surface area (Å²) < 4.78 is 0. The number of carbonyl (C=O) groups excluding carboxylic acids is 1. The first-order valence-corrected chi connectivity index (χ1v) is 9.26. The summed E-state index contributed by atoms with van der Waals surface area (Å²) >= 11 is 1.79. The van der Waals surface area contributed by atoms with Gasteiger partial charge in [-0.3, -0.25) is 9.69 Å². The average molecular weight is 331 g/mol. The van der Waals surface area contributed by atoms with Crippen molar-refractivity contribution < 1.29 is 14.7 Å². The number of nitrogens with one attached hydrogen (secondary N) is 1. The smallest absolute Gasteiger partial charge is 0.317 e. The molecule has 1 fully saturated rings. The lowest BCUT2D eigenvalue weighted by Crippen LogP contribution is -2.57. The molecular weight excluding hydrogens is 302 g/mol. The monoisotopic (exact) mass is 331 g/mol. The number of hydrogen-bond acceptors (Lipinski definition) is 4. The third-order valence-corrected chi connectivity index (χ3v) is 5.07. The van der Waals surface area contributed by atoms with E-state index < -0.39 is 5.97 Å². The fourth-order valence-electron chi connectivity index (χ4n) is 2.64. The van der Waals surface area contributed by atoms with E-state index >= 15 is 0 Å². The Morgan fingerprint density at radius 2 is 2.05 bits per heavy atom. The molecule has 0 aromatic heterocycles. The Labute approximate surface area is 137 Å². The second kappa shape index (κ2) is 9.25. The molecule has 128 valence electrons. The molecule has 0 aromatic carbocycles. The van der Waals surface area contributed by atoms with Gasteiger partial charge in [-0.15, -0.1) is 0 Å². The third kappa shape index (κ3) is 5.68. The summed E-state index contributed by atoms with van der Waals surface area (Å²) in [6.45, 7) is 4.83. The summed E-state index contributed by atoms with van der Waals surface area (Å²) in [6, 6.07) is 0.627. The summed E-state index contributed by atoms with van der Waals surface area (Å²) in [4.78, 5) is 26.7. The van der Waals surface area contributed by atoms with E-state index in [1.165, 1.54) is 0 Å². The predicted octanol–water partition coefficient (Wildman–Crippen LogP) is 1.71. The summed E-state index contributed by atoms with van der Waals surface area (Å²) in [7, 11) is 1.83. The molecule has 0 spiro atoms. The van der Waals surface area contributed by atoms with Gasteiger partial charge in [-0.1, -0.05) is 6.92 Å². The Bertz CT molecular complexity index is 375. The second-order valence-electron chi connectivity index (χ2n) is 5.97. The predicted molar refractivity (Wildman–Crippen MR) is 90.4 cm³/mol. The molecule has 1 aliphatic carbocycles. The van der Waals surface area contributed by atoms with Gasteiger partial charge in [0.1, 0.15) is 0 Å². The quantitative estimate of drug-likeness (QED) is 0.673. The van der Waals surface area contributed by atoms with E-state index in [4.69, 9.17) is 5.11 Å². The van der Waals surface area contributed by atoms with Crippen LogP contribution in [0.5, 0.6) is 0 Å². The number of nitrogens with zero attached hydrogens (tertiary/aromatic N) is 2. The number of carboxylic acid groups (broad SMARTS) is 1. The highest BCUT2D eigenvalue weighted by Gasteiger charge is 2.35. The number of thioether (sulfide) groups is 1. The van der Waals surface area contributed by atoms with Crippen molar-refractivity contribution in [3.05, 3.63) is 0 Å². The van der Waals surface area contributed by atoms with Crippen molar-refractivity contribution in [1.82, 2.24) is 15.1 Å². The number of aliphatic carboxylic acids is 1. The van der Waals surface area contributed by atoms with Crippen LogP contribution in [0.25, 0.3) is 0 Å². The lowest BCUT2D eigenvalue weighted by atomic mass is 9.85. The van der Waals surface area contributed by atoms with Crippen molar-refractivity contribution in [2.24, 2.45) is 0 Å². The van der Waals surface area contributed by atoms with E-state index in [0.29, 0.717) is 0 Å². The maximum absolute atomic E-state index is 12.2. The lowest BCUT2D eigenvalue weighted by Gasteiger charge is -2.43. The highest BCUT2D eigenvalue weighted by atomic mass is 32.2. The molecule has 1 rings (SSSR count). The van der Waals surface area contributed by atoms with Crippen LogP contribution in [-0.4, -0.2) is 77.2 Å². The van der Waals surface area contributed by atoms with Gasteiger partial charge in [0.05, 0.1) is 6.54 Å². The van der Waals surface area contributed by atoms with Crippen LogP contribution in [-0.2, 0) is 4.79 Å². The first-order chi connectivity index (χ1) is 10.4. The molecule has 0 saturated heterocycles. The van der Waals surface area contributed by atoms with Crippen LogP contribution < -0.4 is 5.32 Å². The highest BCUT2D eigenvalue weighted by molar-refractivity contribution is 7.98. The van der Waals surface area contributed by atoms with Gasteiger partial charge in [-0.25, -0.2) is 4.79 Å². The summed E-state index contributed by atoms with van der Waals surface area (Å²) in [5.41, 5.74) is 0. The molecule has 2 amide bonds. The topological polar surface area (TPSA) is 72.9 Å². The van der Waals surface area contributed by atoms with Crippen LogP contribution in [0.15, 0.2) is 0 Å². The van der Waals surface area contributed by atoms with Crippen molar-refractivity contribution in [2.75, 3.05) is 32.1 Å². The molecule has 2 N–H and O–H groups in total. The Morgan fingerprint density at radius 1 is 1.41 bits per heavy atom. The number of likely N-dealkylation sites (N-methyl/N-ethyl adjacent to an activating group) is 1. The van der Waals surface area contributed by atoms with Crippen molar-refractivity contribution in [3.63, 3.8) is 0 Å². The molecule has 0 heterocycles. The summed E-state index contributed by atoms with van der Waals surface area (Å²) in [6.07, 6.45) is 4.72. The normalized spacial score (nSPS) is 22.0. The third-order valence-electron chi connectivity index (χ3n) is 4.42. The van der Waals surface area contributed by atoms with Crippen LogP contribution in [0.1, 0.15) is 33.1 Å². The molecule has 1 atom stereocenters. The second-order valence-corrected chi connectivity index (χ2v) is 6.96. The minimum atomic E-state index is -0.795. The Hall–Kier alpha value is -0.950. The summed E-state index contributed by atoms with van der Waals surface area (Å²) in [5, 5.41) is 11.9. The minimum Gasteiger partial charge on any atom is -0.480 e.